The van der Waals surface area contributed by atoms with Crippen LogP contribution in [-0.4, -0.2) is 16.9 Å². The number of amides is 1. The highest BCUT2D eigenvalue weighted by Crippen LogP contribution is 2.10. The fraction of sp³-hybridized carbons (Fsp3) is 0.250. The molecule has 1 atom stereocenters. The van der Waals surface area contributed by atoms with Crippen LogP contribution in [0.15, 0.2) is 22.9 Å². The molecule has 1 aromatic heterocycles. The molecule has 0 saturated carbocycles. The summed E-state index contributed by atoms with van der Waals surface area (Å²) in [5.74, 6) is -0.218. The van der Waals surface area contributed by atoms with E-state index in [1.807, 2.05) is 0 Å². The molecule has 0 fully saturated rings. The first-order chi connectivity index (χ1) is 6.09. The zero-order chi connectivity index (χ0) is 9.84. The van der Waals surface area contributed by atoms with Crippen molar-refractivity contribution in [1.82, 2.24) is 4.98 Å². The van der Waals surface area contributed by atoms with Gasteiger partial charge in [0.2, 0.25) is 5.91 Å². The number of nitrogens with two attached hydrogens (primary N) is 1. The van der Waals surface area contributed by atoms with E-state index >= 15 is 0 Å². The Kier molecular flexibility index (Phi) is 3.39. The lowest BCUT2D eigenvalue weighted by molar-refractivity contribution is -0.117. The molecule has 0 unspecified atom stereocenters. The van der Waals surface area contributed by atoms with Gasteiger partial charge in [-0.15, -0.1) is 0 Å². The molecule has 0 radical (unpaired) electrons. The van der Waals surface area contributed by atoms with Crippen molar-refractivity contribution in [2.24, 2.45) is 5.73 Å². The Balaban J connectivity index is 2.65. The normalized spacial score (nSPS) is 12.2. The number of anilines is 1. The molecule has 1 amide bonds. The molecule has 1 aromatic rings. The summed E-state index contributed by atoms with van der Waals surface area (Å²) >= 11 is 3.19. The van der Waals surface area contributed by atoms with Crippen molar-refractivity contribution >= 4 is 27.5 Å². The minimum absolute atomic E-state index is 0.218. The first-order valence-electron chi connectivity index (χ1n) is 3.77. The van der Waals surface area contributed by atoms with Gasteiger partial charge in [0.15, 0.2) is 0 Å². The Morgan fingerprint density at radius 3 is 2.85 bits per heavy atom. The van der Waals surface area contributed by atoms with Crippen LogP contribution in [0.25, 0.3) is 0 Å². The quantitative estimate of drug-likeness (QED) is 0.766. The number of aromatic nitrogens is 1. The summed E-state index contributed by atoms with van der Waals surface area (Å²) in [5, 5.41) is 2.62. The van der Waals surface area contributed by atoms with Gasteiger partial charge < -0.3 is 11.1 Å². The van der Waals surface area contributed by atoms with Crippen molar-refractivity contribution in [2.45, 2.75) is 13.0 Å². The summed E-state index contributed by atoms with van der Waals surface area (Å²) < 4.78 is 0.728. The number of hydrogen-bond acceptors (Lipinski definition) is 3. The molecular weight excluding hydrogens is 234 g/mol. The Labute approximate surface area is 84.7 Å². The largest absolute Gasteiger partial charge is 0.323 e. The van der Waals surface area contributed by atoms with Gasteiger partial charge in [0.05, 0.1) is 17.9 Å². The number of pyridine rings is 1. The molecule has 0 aliphatic carbocycles. The minimum Gasteiger partial charge on any atom is -0.323 e. The summed E-state index contributed by atoms with van der Waals surface area (Å²) in [6.45, 7) is 1.63. The van der Waals surface area contributed by atoms with Crippen molar-refractivity contribution in [3.8, 4) is 0 Å². The fourth-order valence-electron chi connectivity index (χ4n) is 0.706. The number of carbonyl (C=O) groups excluding carboxylic acids is 1. The van der Waals surface area contributed by atoms with Gasteiger partial charge in [0, 0.05) is 0 Å². The van der Waals surface area contributed by atoms with Crippen LogP contribution in [-0.2, 0) is 4.79 Å². The first-order valence-corrected chi connectivity index (χ1v) is 4.57. The third-order valence-electron chi connectivity index (χ3n) is 1.41. The Bertz CT molecular complexity index is 297. The molecule has 0 aromatic carbocycles. The van der Waals surface area contributed by atoms with Gasteiger partial charge in [0.25, 0.3) is 0 Å². The molecule has 70 valence electrons. The fourth-order valence-corrected chi connectivity index (χ4v) is 0.940. The van der Waals surface area contributed by atoms with E-state index in [1.165, 1.54) is 0 Å². The summed E-state index contributed by atoms with van der Waals surface area (Å²) in [5.41, 5.74) is 6.02. The Morgan fingerprint density at radius 2 is 2.38 bits per heavy atom. The van der Waals surface area contributed by atoms with Gasteiger partial charge in [-0.1, -0.05) is 0 Å². The van der Waals surface area contributed by atoms with E-state index in [0.29, 0.717) is 5.69 Å². The van der Waals surface area contributed by atoms with Crippen LogP contribution in [0.4, 0.5) is 5.69 Å². The molecule has 0 spiro atoms. The van der Waals surface area contributed by atoms with Gasteiger partial charge in [0.1, 0.15) is 4.60 Å². The predicted octanol–water partition coefficient (Wildman–Crippen LogP) is 1.13. The van der Waals surface area contributed by atoms with E-state index in [4.69, 9.17) is 5.73 Å². The van der Waals surface area contributed by atoms with Crippen LogP contribution in [0.1, 0.15) is 6.92 Å². The van der Waals surface area contributed by atoms with Crippen LogP contribution in [0.3, 0.4) is 0 Å². The third-order valence-corrected chi connectivity index (χ3v) is 1.88. The van der Waals surface area contributed by atoms with Crippen LogP contribution >= 0.6 is 15.9 Å². The third kappa shape index (κ3) is 3.12. The molecule has 0 aliphatic rings. The van der Waals surface area contributed by atoms with Gasteiger partial charge in [-0.05, 0) is 35.0 Å². The maximum absolute atomic E-state index is 11.1. The van der Waals surface area contributed by atoms with Crippen molar-refractivity contribution < 1.29 is 4.79 Å². The highest BCUT2D eigenvalue weighted by Gasteiger charge is 2.06. The SMILES string of the molecule is C[C@H](N)C(=O)Nc1ccc(Br)nc1. The number of hydrogen-bond donors (Lipinski definition) is 2. The maximum atomic E-state index is 11.1. The van der Waals surface area contributed by atoms with Gasteiger partial charge in [-0.25, -0.2) is 4.98 Å². The first kappa shape index (κ1) is 10.1. The zero-order valence-corrected chi connectivity index (χ0v) is 8.71. The molecule has 0 saturated heterocycles. The van der Waals surface area contributed by atoms with Gasteiger partial charge in [-0.3, -0.25) is 4.79 Å². The summed E-state index contributed by atoms with van der Waals surface area (Å²) in [6.07, 6.45) is 1.56. The second kappa shape index (κ2) is 4.34. The average Bonchev–Trinajstić information content (AvgIpc) is 2.08. The molecule has 0 bridgehead atoms. The van der Waals surface area contributed by atoms with Crippen LogP contribution < -0.4 is 11.1 Å². The van der Waals surface area contributed by atoms with E-state index in [1.54, 1.807) is 25.3 Å². The van der Waals surface area contributed by atoms with Crippen molar-refractivity contribution in [2.75, 3.05) is 5.32 Å². The van der Waals surface area contributed by atoms with Gasteiger partial charge >= 0.3 is 0 Å². The number of nitrogens with one attached hydrogen (secondary N) is 1. The van der Waals surface area contributed by atoms with E-state index < -0.39 is 6.04 Å². The highest BCUT2D eigenvalue weighted by molar-refractivity contribution is 9.10. The van der Waals surface area contributed by atoms with Crippen molar-refractivity contribution in [3.05, 3.63) is 22.9 Å². The summed E-state index contributed by atoms with van der Waals surface area (Å²) in [7, 11) is 0. The number of rotatable bonds is 2. The lowest BCUT2D eigenvalue weighted by Crippen LogP contribution is -2.32. The van der Waals surface area contributed by atoms with Crippen LogP contribution in [0.2, 0.25) is 0 Å². The van der Waals surface area contributed by atoms with E-state index in [0.717, 1.165) is 4.60 Å². The average molecular weight is 244 g/mol. The predicted molar refractivity (Wildman–Crippen MR) is 54.2 cm³/mol. The van der Waals surface area contributed by atoms with Crippen LogP contribution in [0, 0.1) is 0 Å². The minimum atomic E-state index is -0.511. The van der Waals surface area contributed by atoms with Gasteiger partial charge in [-0.2, -0.15) is 0 Å². The second-order valence-corrected chi connectivity index (χ2v) is 3.46. The second-order valence-electron chi connectivity index (χ2n) is 2.65. The lowest BCUT2D eigenvalue weighted by atomic mass is 10.3. The summed E-state index contributed by atoms with van der Waals surface area (Å²) in [4.78, 5) is 15.1. The molecule has 3 N–H and O–H groups in total. The Hall–Kier alpha value is -0.940. The van der Waals surface area contributed by atoms with E-state index in [9.17, 15) is 4.79 Å². The van der Waals surface area contributed by atoms with E-state index in [2.05, 4.69) is 26.2 Å². The number of nitrogens with zero attached hydrogens (tertiary/aromatic N) is 1. The highest BCUT2D eigenvalue weighted by atomic mass is 79.9. The molecule has 4 nitrogen and oxygen atoms in total. The van der Waals surface area contributed by atoms with Crippen molar-refractivity contribution in [3.63, 3.8) is 0 Å². The number of carbonyl (C=O) groups is 1. The number of halogens is 1. The lowest BCUT2D eigenvalue weighted by Gasteiger charge is -2.06. The summed E-state index contributed by atoms with van der Waals surface area (Å²) in [6, 6.07) is 2.98. The molecule has 5 heteroatoms. The maximum Gasteiger partial charge on any atom is 0.241 e. The van der Waals surface area contributed by atoms with Crippen LogP contribution in [0.5, 0.6) is 0 Å². The zero-order valence-electron chi connectivity index (χ0n) is 7.12. The monoisotopic (exact) mass is 243 g/mol. The molecule has 13 heavy (non-hydrogen) atoms. The molecule has 1 heterocycles. The van der Waals surface area contributed by atoms with Crippen molar-refractivity contribution in [1.29, 1.82) is 0 Å². The smallest absolute Gasteiger partial charge is 0.241 e. The molecule has 1 rings (SSSR count). The molecule has 0 aliphatic heterocycles. The Morgan fingerprint density at radius 1 is 1.69 bits per heavy atom. The topological polar surface area (TPSA) is 68.0 Å². The molecular formula is C8H10BrN3O. The standard InChI is InChI=1S/C8H10BrN3O/c1-5(10)8(13)12-6-2-3-7(9)11-4-6/h2-5H,10H2,1H3,(H,12,13)/t5-/m0/s1. The van der Waals surface area contributed by atoms with E-state index in [-0.39, 0.29) is 5.91 Å².